The zero-order chi connectivity index (χ0) is 20.0. The predicted molar refractivity (Wildman–Crippen MR) is 110 cm³/mol. The Morgan fingerprint density at radius 3 is 2.50 bits per heavy atom. The van der Waals surface area contributed by atoms with Crippen molar-refractivity contribution in [3.8, 4) is 0 Å². The second-order valence-corrected chi connectivity index (χ2v) is 6.72. The SMILES string of the molecule is CCNC(=NCc1nc(C(F)(F)F)cs1)NCC(C)c1ccc(F)c(F)c1.I. The summed E-state index contributed by atoms with van der Waals surface area (Å²) in [5.41, 5.74) is -0.311. The number of halogens is 6. The van der Waals surface area contributed by atoms with E-state index in [4.69, 9.17) is 0 Å². The van der Waals surface area contributed by atoms with E-state index in [1.807, 2.05) is 13.8 Å². The van der Waals surface area contributed by atoms with Gasteiger partial charge < -0.3 is 10.6 Å². The highest BCUT2D eigenvalue weighted by Crippen LogP contribution is 2.30. The molecule has 0 fully saturated rings. The number of aliphatic imine (C=N–C) groups is 1. The highest BCUT2D eigenvalue weighted by Gasteiger charge is 2.33. The quantitative estimate of drug-likeness (QED) is 0.240. The van der Waals surface area contributed by atoms with Crippen molar-refractivity contribution in [1.82, 2.24) is 15.6 Å². The maximum absolute atomic E-state index is 13.3. The van der Waals surface area contributed by atoms with Crippen molar-refractivity contribution in [2.75, 3.05) is 13.1 Å². The van der Waals surface area contributed by atoms with Crippen LogP contribution in [0.1, 0.15) is 36.0 Å². The monoisotopic (exact) mass is 534 g/mol. The van der Waals surface area contributed by atoms with Gasteiger partial charge in [0.1, 0.15) is 5.01 Å². The zero-order valence-corrected chi connectivity index (χ0v) is 18.3. The molecule has 1 atom stereocenters. The summed E-state index contributed by atoms with van der Waals surface area (Å²) in [6.07, 6.45) is -4.47. The van der Waals surface area contributed by atoms with E-state index in [-0.39, 0.29) is 41.4 Å². The first-order valence-electron chi connectivity index (χ1n) is 8.19. The molecule has 28 heavy (non-hydrogen) atoms. The molecule has 0 aliphatic heterocycles. The summed E-state index contributed by atoms with van der Waals surface area (Å²) in [5.74, 6) is -1.56. The molecule has 1 unspecified atom stereocenters. The van der Waals surface area contributed by atoms with Crippen molar-refractivity contribution in [2.45, 2.75) is 32.5 Å². The molecule has 0 aliphatic rings. The second kappa shape index (κ2) is 10.9. The minimum atomic E-state index is -4.47. The molecule has 2 aromatic rings. The molecular formula is C17H20F5IN4S. The van der Waals surface area contributed by atoms with Crippen LogP contribution in [0, 0.1) is 11.6 Å². The molecule has 0 saturated heterocycles. The molecule has 156 valence electrons. The summed E-state index contributed by atoms with van der Waals surface area (Å²) < 4.78 is 64.1. The lowest BCUT2D eigenvalue weighted by Gasteiger charge is -2.16. The molecule has 1 aromatic heterocycles. The van der Waals surface area contributed by atoms with E-state index in [2.05, 4.69) is 20.6 Å². The maximum Gasteiger partial charge on any atom is 0.434 e. The van der Waals surface area contributed by atoms with E-state index >= 15 is 0 Å². The lowest BCUT2D eigenvalue weighted by molar-refractivity contribution is -0.140. The number of nitrogens with zero attached hydrogens (tertiary/aromatic N) is 2. The third-order valence-corrected chi connectivity index (χ3v) is 4.48. The summed E-state index contributed by atoms with van der Waals surface area (Å²) in [6, 6.07) is 3.71. The average Bonchev–Trinajstić information content (AvgIpc) is 3.09. The topological polar surface area (TPSA) is 49.3 Å². The van der Waals surface area contributed by atoms with Gasteiger partial charge >= 0.3 is 6.18 Å². The fourth-order valence-electron chi connectivity index (χ4n) is 2.19. The van der Waals surface area contributed by atoms with Gasteiger partial charge in [0.25, 0.3) is 0 Å². The highest BCUT2D eigenvalue weighted by atomic mass is 127. The fourth-order valence-corrected chi connectivity index (χ4v) is 2.91. The molecule has 2 N–H and O–H groups in total. The first kappa shape index (κ1) is 24.5. The van der Waals surface area contributed by atoms with Crippen LogP contribution in [0.4, 0.5) is 22.0 Å². The van der Waals surface area contributed by atoms with Gasteiger partial charge in [-0.05, 0) is 30.5 Å². The normalized spacial score (nSPS) is 13.0. The summed E-state index contributed by atoms with van der Waals surface area (Å²) in [4.78, 5) is 7.75. The molecule has 0 saturated carbocycles. The number of hydrogen-bond acceptors (Lipinski definition) is 3. The van der Waals surface area contributed by atoms with Gasteiger partial charge in [-0.2, -0.15) is 13.2 Å². The van der Waals surface area contributed by atoms with Crippen molar-refractivity contribution < 1.29 is 22.0 Å². The van der Waals surface area contributed by atoms with Crippen LogP contribution in [0.25, 0.3) is 0 Å². The Bertz CT molecular complexity index is 794. The van der Waals surface area contributed by atoms with E-state index in [1.165, 1.54) is 6.07 Å². The largest absolute Gasteiger partial charge is 0.434 e. The van der Waals surface area contributed by atoms with Gasteiger partial charge in [0.2, 0.25) is 0 Å². The van der Waals surface area contributed by atoms with Crippen LogP contribution < -0.4 is 10.6 Å². The number of alkyl halides is 3. The molecule has 0 aliphatic carbocycles. The third kappa shape index (κ3) is 7.15. The van der Waals surface area contributed by atoms with Gasteiger partial charge in [0.15, 0.2) is 23.3 Å². The van der Waals surface area contributed by atoms with Crippen molar-refractivity contribution in [2.24, 2.45) is 4.99 Å². The third-order valence-electron chi connectivity index (χ3n) is 3.65. The number of guanidine groups is 1. The van der Waals surface area contributed by atoms with Gasteiger partial charge in [-0.25, -0.2) is 18.8 Å². The van der Waals surface area contributed by atoms with Crippen LogP contribution in [0.2, 0.25) is 0 Å². The van der Waals surface area contributed by atoms with Crippen LogP contribution in [0.3, 0.4) is 0 Å². The average molecular weight is 534 g/mol. The number of nitrogens with one attached hydrogen (secondary N) is 2. The number of aromatic nitrogens is 1. The lowest BCUT2D eigenvalue weighted by atomic mass is 10.0. The van der Waals surface area contributed by atoms with Crippen LogP contribution in [0.15, 0.2) is 28.6 Å². The van der Waals surface area contributed by atoms with Crippen LogP contribution in [-0.2, 0) is 12.7 Å². The van der Waals surface area contributed by atoms with Crippen molar-refractivity contribution in [1.29, 1.82) is 0 Å². The maximum atomic E-state index is 13.3. The summed E-state index contributed by atoms with van der Waals surface area (Å²) in [6.45, 7) is 4.61. The summed E-state index contributed by atoms with van der Waals surface area (Å²) in [7, 11) is 0. The standard InChI is InChI=1S/C17H19F5N4S.HI/c1-3-23-16(25-8-15-26-14(9-27-15)17(20,21)22)24-7-10(2)11-4-5-12(18)13(19)6-11;/h4-6,9-10H,3,7-8H2,1-2H3,(H2,23,24,25);1H. The Hall–Kier alpha value is -1.50. The Labute approximate surface area is 180 Å². The van der Waals surface area contributed by atoms with Gasteiger partial charge in [-0.1, -0.05) is 13.0 Å². The predicted octanol–water partition coefficient (Wildman–Crippen LogP) is 4.92. The molecule has 0 amide bonds. The van der Waals surface area contributed by atoms with E-state index in [0.29, 0.717) is 24.6 Å². The number of thiazole rings is 1. The van der Waals surface area contributed by atoms with Crippen LogP contribution >= 0.6 is 35.3 Å². The van der Waals surface area contributed by atoms with Crippen molar-refractivity contribution in [3.63, 3.8) is 0 Å². The molecule has 1 heterocycles. The highest BCUT2D eigenvalue weighted by molar-refractivity contribution is 14.0. The summed E-state index contributed by atoms with van der Waals surface area (Å²) in [5, 5.41) is 7.21. The van der Waals surface area contributed by atoms with Gasteiger partial charge in [0, 0.05) is 18.5 Å². The molecular weight excluding hydrogens is 514 g/mol. The number of benzene rings is 1. The smallest absolute Gasteiger partial charge is 0.357 e. The molecule has 11 heteroatoms. The van der Waals surface area contributed by atoms with E-state index in [0.717, 1.165) is 28.8 Å². The molecule has 0 bridgehead atoms. The minimum absolute atomic E-state index is 0. The van der Waals surface area contributed by atoms with Crippen LogP contribution in [0.5, 0.6) is 0 Å². The Kier molecular flexibility index (Phi) is 9.54. The van der Waals surface area contributed by atoms with E-state index in [1.54, 1.807) is 0 Å². The van der Waals surface area contributed by atoms with Gasteiger partial charge in [0.05, 0.1) is 6.54 Å². The van der Waals surface area contributed by atoms with Crippen molar-refractivity contribution in [3.05, 3.63) is 51.5 Å². The first-order chi connectivity index (χ1) is 12.7. The summed E-state index contributed by atoms with van der Waals surface area (Å²) >= 11 is 0.890. The van der Waals surface area contributed by atoms with Crippen molar-refractivity contribution >= 4 is 41.3 Å². The van der Waals surface area contributed by atoms with Gasteiger partial charge in [-0.15, -0.1) is 35.3 Å². The Morgan fingerprint density at radius 2 is 1.93 bits per heavy atom. The van der Waals surface area contributed by atoms with E-state index in [9.17, 15) is 22.0 Å². The zero-order valence-electron chi connectivity index (χ0n) is 15.1. The Balaban J connectivity index is 0.00000392. The molecule has 0 radical (unpaired) electrons. The second-order valence-electron chi connectivity index (χ2n) is 5.77. The number of rotatable bonds is 6. The number of hydrogen-bond donors (Lipinski definition) is 2. The van der Waals surface area contributed by atoms with Crippen LogP contribution in [-0.4, -0.2) is 24.0 Å². The minimum Gasteiger partial charge on any atom is -0.357 e. The lowest BCUT2D eigenvalue weighted by Crippen LogP contribution is -2.39. The first-order valence-corrected chi connectivity index (χ1v) is 9.07. The van der Waals surface area contributed by atoms with E-state index < -0.39 is 23.5 Å². The van der Waals surface area contributed by atoms with Gasteiger partial charge in [-0.3, -0.25) is 0 Å². The fraction of sp³-hybridized carbons (Fsp3) is 0.412. The molecule has 2 rings (SSSR count). The Morgan fingerprint density at radius 1 is 1.21 bits per heavy atom. The molecule has 1 aromatic carbocycles. The molecule has 0 spiro atoms. The molecule has 4 nitrogen and oxygen atoms in total.